The summed E-state index contributed by atoms with van der Waals surface area (Å²) in [5.74, 6) is 0.108. The SMILES string of the molecule is CCN1CCOc2ccc(Cl)cc2CNC(=O)Cn2c(Cl)cnc(c2=O)N[C@@H](Cc2ccccc2)CNCC1=O. The highest BCUT2D eigenvalue weighted by atomic mass is 35.5. The van der Waals surface area contributed by atoms with Crippen molar-refractivity contribution >= 4 is 40.8 Å². The quantitative estimate of drug-likeness (QED) is 0.432. The maximum atomic E-state index is 13.3. The molecule has 0 spiro atoms. The van der Waals surface area contributed by atoms with Crippen molar-refractivity contribution < 1.29 is 14.3 Å². The highest BCUT2D eigenvalue weighted by Crippen LogP contribution is 2.23. The summed E-state index contributed by atoms with van der Waals surface area (Å²) in [6.45, 7) is 3.41. The molecule has 0 radical (unpaired) electrons. The lowest BCUT2D eigenvalue weighted by Crippen LogP contribution is -2.44. The van der Waals surface area contributed by atoms with Crippen molar-refractivity contribution in [3.8, 4) is 5.75 Å². The first-order valence-corrected chi connectivity index (χ1v) is 13.8. The second kappa shape index (κ2) is 14.2. The van der Waals surface area contributed by atoms with E-state index >= 15 is 0 Å². The number of nitrogens with zero attached hydrogens (tertiary/aromatic N) is 3. The van der Waals surface area contributed by atoms with Crippen LogP contribution in [0.1, 0.15) is 18.1 Å². The van der Waals surface area contributed by atoms with E-state index in [4.69, 9.17) is 27.9 Å². The third-order valence-electron chi connectivity index (χ3n) is 6.49. The summed E-state index contributed by atoms with van der Waals surface area (Å²) >= 11 is 12.5. The lowest BCUT2D eigenvalue weighted by atomic mass is 10.1. The van der Waals surface area contributed by atoms with Gasteiger partial charge in [-0.25, -0.2) is 4.98 Å². The van der Waals surface area contributed by atoms with E-state index in [1.54, 1.807) is 23.1 Å². The van der Waals surface area contributed by atoms with E-state index in [2.05, 4.69) is 20.9 Å². The van der Waals surface area contributed by atoms with Crippen LogP contribution >= 0.6 is 23.2 Å². The van der Waals surface area contributed by atoms with E-state index in [9.17, 15) is 14.4 Å². The largest absolute Gasteiger partial charge is 0.491 e. The van der Waals surface area contributed by atoms with Gasteiger partial charge in [0.1, 0.15) is 24.1 Å². The molecule has 40 heavy (non-hydrogen) atoms. The molecule has 2 bridgehead atoms. The number of amides is 2. The van der Waals surface area contributed by atoms with Gasteiger partial charge in [-0.3, -0.25) is 19.0 Å². The Bertz CT molecular complexity index is 1380. The van der Waals surface area contributed by atoms with E-state index < -0.39 is 11.5 Å². The van der Waals surface area contributed by atoms with Crippen molar-refractivity contribution in [1.29, 1.82) is 0 Å². The summed E-state index contributed by atoms with van der Waals surface area (Å²) in [6.07, 6.45) is 1.90. The molecule has 2 amide bonds. The summed E-state index contributed by atoms with van der Waals surface area (Å²) in [4.78, 5) is 45.0. The van der Waals surface area contributed by atoms with Gasteiger partial charge < -0.3 is 25.6 Å². The number of likely N-dealkylation sites (N-methyl/N-ethyl adjacent to an activating group) is 1. The smallest absolute Gasteiger partial charge is 0.294 e. The van der Waals surface area contributed by atoms with E-state index in [0.29, 0.717) is 42.4 Å². The molecule has 0 fully saturated rings. The number of ether oxygens (including phenoxy) is 1. The summed E-state index contributed by atoms with van der Waals surface area (Å²) < 4.78 is 7.12. The van der Waals surface area contributed by atoms with Crippen molar-refractivity contribution in [2.75, 3.05) is 38.1 Å². The van der Waals surface area contributed by atoms with Gasteiger partial charge in [0.15, 0.2) is 5.82 Å². The standard InChI is InChI=1S/C28H32Cl2N6O4/c1-2-35-10-11-40-23-9-8-21(29)13-20(23)14-32-25(37)18-36-24(30)16-33-27(28(36)39)34-22(15-31-17-26(35)38)12-19-6-4-3-5-7-19/h3-9,13,16,22,31H,2,10-12,14-15,17-18H2,1H3,(H,32,37)(H,33,34)/t22-/m0/s1. The minimum Gasteiger partial charge on any atom is -0.491 e. The molecule has 0 aliphatic carbocycles. The molecule has 12 heteroatoms. The zero-order chi connectivity index (χ0) is 28.5. The molecule has 2 aromatic carbocycles. The number of aromatic nitrogens is 2. The van der Waals surface area contributed by atoms with E-state index in [0.717, 1.165) is 10.1 Å². The number of carbonyl (C=O) groups excluding carboxylic acids is 2. The molecule has 4 rings (SSSR count). The molecule has 0 unspecified atom stereocenters. The second-order valence-corrected chi connectivity index (χ2v) is 10.2. The number of halogens is 2. The van der Waals surface area contributed by atoms with Crippen molar-refractivity contribution in [3.63, 3.8) is 0 Å². The molecule has 3 N–H and O–H groups in total. The highest BCUT2D eigenvalue weighted by molar-refractivity contribution is 6.30. The Labute approximate surface area is 242 Å². The number of carbonyl (C=O) groups is 2. The van der Waals surface area contributed by atoms with Crippen LogP contribution in [0.25, 0.3) is 0 Å². The zero-order valence-corrected chi connectivity index (χ0v) is 23.7. The van der Waals surface area contributed by atoms with Gasteiger partial charge >= 0.3 is 0 Å². The molecule has 1 aliphatic rings. The monoisotopic (exact) mass is 586 g/mol. The van der Waals surface area contributed by atoms with Crippen molar-refractivity contribution in [2.24, 2.45) is 0 Å². The van der Waals surface area contributed by atoms with Crippen LogP contribution in [0.4, 0.5) is 5.82 Å². The highest BCUT2D eigenvalue weighted by Gasteiger charge is 2.19. The third-order valence-corrected chi connectivity index (χ3v) is 7.03. The van der Waals surface area contributed by atoms with Crippen molar-refractivity contribution in [2.45, 2.75) is 32.5 Å². The zero-order valence-electron chi connectivity index (χ0n) is 22.2. The average molecular weight is 588 g/mol. The second-order valence-electron chi connectivity index (χ2n) is 9.33. The van der Waals surface area contributed by atoms with Crippen LogP contribution in [0.3, 0.4) is 0 Å². The molecule has 1 aliphatic heterocycles. The molecule has 1 aromatic heterocycles. The molecule has 0 saturated carbocycles. The fourth-order valence-electron chi connectivity index (χ4n) is 4.39. The number of rotatable bonds is 3. The fourth-order valence-corrected chi connectivity index (χ4v) is 4.77. The number of benzene rings is 2. The van der Waals surface area contributed by atoms with Crippen LogP contribution in [0.2, 0.25) is 10.2 Å². The lowest BCUT2D eigenvalue weighted by molar-refractivity contribution is -0.130. The Morgan fingerprint density at radius 1 is 1.07 bits per heavy atom. The molecular formula is C28H32Cl2N6O4. The van der Waals surface area contributed by atoms with Gasteiger partial charge in [-0.15, -0.1) is 0 Å². The van der Waals surface area contributed by atoms with Crippen LogP contribution in [0.5, 0.6) is 5.75 Å². The average Bonchev–Trinajstić information content (AvgIpc) is 2.94. The molecule has 212 valence electrons. The summed E-state index contributed by atoms with van der Waals surface area (Å²) in [5, 5.41) is 9.73. The van der Waals surface area contributed by atoms with Crippen LogP contribution in [-0.2, 0) is 29.1 Å². The minimum absolute atomic E-state index is 0.0337. The van der Waals surface area contributed by atoms with Gasteiger partial charge in [-0.05, 0) is 37.1 Å². The minimum atomic E-state index is -0.529. The van der Waals surface area contributed by atoms with Crippen LogP contribution < -0.4 is 26.2 Å². The normalized spacial score (nSPS) is 17.4. The van der Waals surface area contributed by atoms with Gasteiger partial charge in [0.25, 0.3) is 5.56 Å². The number of hydrogen-bond acceptors (Lipinski definition) is 7. The third kappa shape index (κ3) is 7.97. The Hall–Kier alpha value is -3.60. The van der Waals surface area contributed by atoms with E-state index in [1.807, 2.05) is 37.3 Å². The Morgan fingerprint density at radius 2 is 1.88 bits per heavy atom. The number of anilines is 1. The number of nitrogens with one attached hydrogen (secondary N) is 3. The van der Waals surface area contributed by atoms with E-state index in [-0.39, 0.29) is 49.2 Å². The maximum Gasteiger partial charge on any atom is 0.294 e. The predicted octanol–water partition coefficient (Wildman–Crippen LogP) is 2.72. The van der Waals surface area contributed by atoms with Gasteiger partial charge in [0.2, 0.25) is 11.8 Å². The van der Waals surface area contributed by atoms with Gasteiger partial charge in [0.05, 0.1) is 19.3 Å². The molecule has 1 atom stereocenters. The Balaban J connectivity index is 1.62. The van der Waals surface area contributed by atoms with Crippen molar-refractivity contribution in [3.05, 3.63) is 86.4 Å². The molecule has 0 saturated heterocycles. The topological polar surface area (TPSA) is 118 Å². The first kappa shape index (κ1) is 29.4. The Kier molecular flexibility index (Phi) is 10.4. The molecule has 2 heterocycles. The molecular weight excluding hydrogens is 555 g/mol. The van der Waals surface area contributed by atoms with Crippen molar-refractivity contribution in [1.82, 2.24) is 25.1 Å². The number of fused-ring (bicyclic) bond motifs is 3. The van der Waals surface area contributed by atoms with Crippen LogP contribution in [0.15, 0.2) is 59.5 Å². The summed E-state index contributed by atoms with van der Waals surface area (Å²) in [6, 6.07) is 14.6. The maximum absolute atomic E-state index is 13.3. The van der Waals surface area contributed by atoms with Gasteiger partial charge in [-0.1, -0.05) is 53.5 Å². The predicted molar refractivity (Wildman–Crippen MR) is 155 cm³/mol. The fraction of sp³-hybridized carbons (Fsp3) is 0.357. The van der Waals surface area contributed by atoms with E-state index in [1.165, 1.54) is 6.20 Å². The summed E-state index contributed by atoms with van der Waals surface area (Å²) in [7, 11) is 0. The number of hydrogen-bond donors (Lipinski definition) is 3. The van der Waals surface area contributed by atoms with Gasteiger partial charge in [-0.2, -0.15) is 0 Å². The van der Waals surface area contributed by atoms with Crippen LogP contribution in [0, 0.1) is 0 Å². The first-order chi connectivity index (χ1) is 19.3. The lowest BCUT2D eigenvalue weighted by Gasteiger charge is -2.23. The Morgan fingerprint density at radius 3 is 2.65 bits per heavy atom. The van der Waals surface area contributed by atoms with Crippen LogP contribution in [-0.4, -0.2) is 65.1 Å². The van der Waals surface area contributed by atoms with Gasteiger partial charge in [0, 0.05) is 36.3 Å². The first-order valence-electron chi connectivity index (χ1n) is 13.1. The molecule has 10 nitrogen and oxygen atoms in total. The molecule has 3 aromatic rings. The summed E-state index contributed by atoms with van der Waals surface area (Å²) in [5.41, 5.74) is 1.18.